The quantitative estimate of drug-likeness (QED) is 0.745. The van der Waals surface area contributed by atoms with Gasteiger partial charge in [-0.25, -0.2) is 4.68 Å². The number of benzene rings is 2. The van der Waals surface area contributed by atoms with Crippen LogP contribution in [0.5, 0.6) is 0 Å². The fourth-order valence-electron chi connectivity index (χ4n) is 2.78. The van der Waals surface area contributed by atoms with E-state index in [1.165, 1.54) is 5.56 Å². The largest absolute Gasteiger partial charge is 0.349 e. The first-order valence-electron chi connectivity index (χ1n) is 8.63. The molecule has 4 heteroatoms. The van der Waals surface area contributed by atoms with E-state index >= 15 is 0 Å². The number of aryl methyl sites for hydroxylation is 1. The molecule has 1 amide bonds. The summed E-state index contributed by atoms with van der Waals surface area (Å²) in [6.07, 6.45) is 4.99. The molecule has 1 unspecified atom stereocenters. The first kappa shape index (κ1) is 17.0. The number of rotatable bonds is 6. The Morgan fingerprint density at radius 1 is 1.08 bits per heavy atom. The monoisotopic (exact) mass is 333 g/mol. The molecule has 1 N–H and O–H groups in total. The minimum Gasteiger partial charge on any atom is -0.349 e. The van der Waals surface area contributed by atoms with Crippen molar-refractivity contribution in [1.82, 2.24) is 15.1 Å². The molecule has 3 aromatic rings. The summed E-state index contributed by atoms with van der Waals surface area (Å²) in [6.45, 7) is 4.14. The van der Waals surface area contributed by atoms with E-state index in [0.717, 1.165) is 23.2 Å². The van der Waals surface area contributed by atoms with Crippen molar-refractivity contribution in [3.63, 3.8) is 0 Å². The smallest absolute Gasteiger partial charge is 0.225 e. The molecule has 2 aromatic carbocycles. The Balaban J connectivity index is 1.59. The summed E-state index contributed by atoms with van der Waals surface area (Å²) >= 11 is 0. The molecule has 0 saturated carbocycles. The number of carbonyl (C=O) groups is 1. The van der Waals surface area contributed by atoms with Gasteiger partial charge in [0.2, 0.25) is 5.91 Å². The number of carbonyl (C=O) groups excluding carboxylic acids is 1. The summed E-state index contributed by atoms with van der Waals surface area (Å²) in [5.41, 5.74) is 4.30. The van der Waals surface area contributed by atoms with Crippen LogP contribution in [0.15, 0.2) is 67.0 Å². The van der Waals surface area contributed by atoms with Gasteiger partial charge in [0.05, 0.1) is 24.3 Å². The van der Waals surface area contributed by atoms with E-state index < -0.39 is 0 Å². The number of aromatic nitrogens is 2. The van der Waals surface area contributed by atoms with Crippen LogP contribution in [-0.2, 0) is 17.6 Å². The van der Waals surface area contributed by atoms with Gasteiger partial charge in [0.15, 0.2) is 0 Å². The number of amides is 1. The van der Waals surface area contributed by atoms with Gasteiger partial charge in [0.1, 0.15) is 0 Å². The van der Waals surface area contributed by atoms with Crippen molar-refractivity contribution in [2.24, 2.45) is 0 Å². The minimum atomic E-state index is -0.0115. The lowest BCUT2D eigenvalue weighted by Gasteiger charge is -2.14. The Labute approximate surface area is 148 Å². The molecule has 1 atom stereocenters. The summed E-state index contributed by atoms with van der Waals surface area (Å²) in [6, 6.07) is 18.2. The molecule has 0 spiro atoms. The van der Waals surface area contributed by atoms with Crippen LogP contribution in [0.1, 0.15) is 36.6 Å². The van der Waals surface area contributed by atoms with Crippen LogP contribution in [0.3, 0.4) is 0 Å². The van der Waals surface area contributed by atoms with Crippen LogP contribution in [0.4, 0.5) is 0 Å². The third-order valence-electron chi connectivity index (χ3n) is 4.29. The molecule has 3 rings (SSSR count). The minimum absolute atomic E-state index is 0.000297. The summed E-state index contributed by atoms with van der Waals surface area (Å²) in [7, 11) is 0. The second kappa shape index (κ2) is 7.79. The summed E-state index contributed by atoms with van der Waals surface area (Å²) in [5.74, 6) is -0.000297. The molecular formula is C21H23N3O. The lowest BCUT2D eigenvalue weighted by molar-refractivity contribution is -0.121. The molecule has 0 aliphatic heterocycles. The predicted octanol–water partition coefficient (Wildman–Crippen LogP) is 3.85. The van der Waals surface area contributed by atoms with Crippen molar-refractivity contribution in [1.29, 1.82) is 0 Å². The highest BCUT2D eigenvalue weighted by Crippen LogP contribution is 2.14. The van der Waals surface area contributed by atoms with E-state index in [0.29, 0.717) is 6.42 Å². The second-order valence-electron chi connectivity index (χ2n) is 6.19. The number of nitrogens with one attached hydrogen (secondary N) is 1. The second-order valence-corrected chi connectivity index (χ2v) is 6.19. The Morgan fingerprint density at radius 3 is 2.48 bits per heavy atom. The third kappa shape index (κ3) is 4.35. The van der Waals surface area contributed by atoms with Gasteiger partial charge < -0.3 is 5.32 Å². The zero-order chi connectivity index (χ0) is 17.6. The highest BCUT2D eigenvalue weighted by Gasteiger charge is 2.11. The first-order chi connectivity index (χ1) is 12.2. The number of nitrogens with zero attached hydrogens (tertiary/aromatic N) is 2. The van der Waals surface area contributed by atoms with Crippen LogP contribution in [-0.4, -0.2) is 15.7 Å². The Morgan fingerprint density at radius 2 is 1.80 bits per heavy atom. The molecule has 0 fully saturated rings. The Hall–Kier alpha value is -2.88. The fraction of sp³-hybridized carbons (Fsp3) is 0.238. The van der Waals surface area contributed by atoms with Gasteiger partial charge in [-0.15, -0.1) is 0 Å². The number of hydrogen-bond acceptors (Lipinski definition) is 2. The molecule has 4 nitrogen and oxygen atoms in total. The van der Waals surface area contributed by atoms with Crippen molar-refractivity contribution in [2.75, 3.05) is 0 Å². The molecule has 128 valence electrons. The lowest BCUT2D eigenvalue weighted by atomic mass is 10.0. The predicted molar refractivity (Wildman–Crippen MR) is 99.6 cm³/mol. The van der Waals surface area contributed by atoms with Crippen LogP contribution >= 0.6 is 0 Å². The van der Waals surface area contributed by atoms with Crippen LogP contribution in [0.2, 0.25) is 0 Å². The van der Waals surface area contributed by atoms with Gasteiger partial charge >= 0.3 is 0 Å². The lowest BCUT2D eigenvalue weighted by Crippen LogP contribution is -2.28. The van der Waals surface area contributed by atoms with Crippen molar-refractivity contribution < 1.29 is 4.79 Å². The molecule has 25 heavy (non-hydrogen) atoms. The van der Waals surface area contributed by atoms with Crippen molar-refractivity contribution >= 4 is 5.91 Å². The SMILES string of the molecule is CCc1ccc(C(C)NC(=O)Cc2cnn(-c3ccccc3)c2)cc1. The van der Waals surface area contributed by atoms with Crippen LogP contribution < -0.4 is 5.32 Å². The van der Waals surface area contributed by atoms with E-state index in [1.807, 2.05) is 43.5 Å². The topological polar surface area (TPSA) is 46.9 Å². The zero-order valence-corrected chi connectivity index (χ0v) is 14.6. The standard InChI is InChI=1S/C21H23N3O/c1-3-17-9-11-19(12-10-17)16(2)23-21(25)13-18-14-22-24(15-18)20-7-5-4-6-8-20/h4-12,14-16H,3,13H2,1-2H3,(H,23,25). The van der Waals surface area contributed by atoms with E-state index in [2.05, 4.69) is 41.6 Å². The molecule has 0 saturated heterocycles. The highest BCUT2D eigenvalue weighted by molar-refractivity contribution is 5.78. The molecule has 0 bridgehead atoms. The Bertz CT molecular complexity index is 822. The number of para-hydroxylation sites is 1. The van der Waals surface area contributed by atoms with Gasteiger partial charge in [-0.05, 0) is 42.2 Å². The molecule has 0 aliphatic rings. The average molecular weight is 333 g/mol. The van der Waals surface area contributed by atoms with Crippen molar-refractivity contribution in [2.45, 2.75) is 32.7 Å². The van der Waals surface area contributed by atoms with E-state index in [4.69, 9.17) is 0 Å². The maximum Gasteiger partial charge on any atom is 0.225 e. The Kier molecular flexibility index (Phi) is 5.29. The van der Waals surface area contributed by atoms with Gasteiger partial charge in [0, 0.05) is 6.20 Å². The number of hydrogen-bond donors (Lipinski definition) is 1. The first-order valence-corrected chi connectivity index (χ1v) is 8.63. The van der Waals surface area contributed by atoms with Crippen LogP contribution in [0.25, 0.3) is 5.69 Å². The molecule has 1 heterocycles. The van der Waals surface area contributed by atoms with Gasteiger partial charge in [0.25, 0.3) is 0 Å². The van der Waals surface area contributed by atoms with E-state index in [-0.39, 0.29) is 11.9 Å². The third-order valence-corrected chi connectivity index (χ3v) is 4.29. The van der Waals surface area contributed by atoms with E-state index in [1.54, 1.807) is 10.9 Å². The van der Waals surface area contributed by atoms with Crippen LogP contribution in [0, 0.1) is 0 Å². The van der Waals surface area contributed by atoms with Gasteiger partial charge in [-0.2, -0.15) is 5.10 Å². The maximum absolute atomic E-state index is 12.3. The van der Waals surface area contributed by atoms with Crippen molar-refractivity contribution in [3.05, 3.63) is 83.7 Å². The van der Waals surface area contributed by atoms with E-state index in [9.17, 15) is 4.79 Å². The summed E-state index contributed by atoms with van der Waals surface area (Å²) < 4.78 is 1.79. The molecule has 0 radical (unpaired) electrons. The highest BCUT2D eigenvalue weighted by atomic mass is 16.1. The average Bonchev–Trinajstić information content (AvgIpc) is 3.10. The normalized spacial score (nSPS) is 11.9. The summed E-state index contributed by atoms with van der Waals surface area (Å²) in [4.78, 5) is 12.3. The molecule has 1 aromatic heterocycles. The fourth-order valence-corrected chi connectivity index (χ4v) is 2.78. The molecular weight excluding hydrogens is 310 g/mol. The molecule has 0 aliphatic carbocycles. The summed E-state index contributed by atoms with van der Waals surface area (Å²) in [5, 5.41) is 7.39. The van der Waals surface area contributed by atoms with Crippen molar-refractivity contribution in [3.8, 4) is 5.69 Å². The zero-order valence-electron chi connectivity index (χ0n) is 14.6. The van der Waals surface area contributed by atoms with Gasteiger partial charge in [-0.1, -0.05) is 49.4 Å². The maximum atomic E-state index is 12.3. The van der Waals surface area contributed by atoms with Gasteiger partial charge in [-0.3, -0.25) is 4.79 Å².